The van der Waals surface area contributed by atoms with Crippen molar-refractivity contribution < 1.29 is 23.8 Å². The number of amides is 2. The minimum Gasteiger partial charge on any atom is -0.490 e. The Kier molecular flexibility index (Phi) is 8.27. The minimum absolute atomic E-state index is 0.369. The molecule has 0 saturated carbocycles. The standard InChI is InChI=1S/C25H24N2O5/c1-2-16-30-22-12-8-19(9-13-22)24(28)26-27-25(29)20-10-14-23(15-11-20)32-18-17-31-21-6-4-3-5-7-21/h2-15H,1,16-18H2,(H,26,28)(H,27,29). The van der Waals surface area contributed by atoms with E-state index in [2.05, 4.69) is 17.4 Å². The van der Waals surface area contributed by atoms with Gasteiger partial charge < -0.3 is 14.2 Å². The smallest absolute Gasteiger partial charge is 0.269 e. The molecule has 32 heavy (non-hydrogen) atoms. The SMILES string of the molecule is C=CCOc1ccc(C(=O)NNC(=O)c2ccc(OCCOc3ccccc3)cc2)cc1. The molecular weight excluding hydrogens is 408 g/mol. The first-order valence-corrected chi connectivity index (χ1v) is 10.0. The van der Waals surface area contributed by atoms with E-state index in [0.717, 1.165) is 5.75 Å². The molecule has 0 radical (unpaired) electrons. The highest BCUT2D eigenvalue weighted by atomic mass is 16.5. The van der Waals surface area contributed by atoms with Crippen molar-refractivity contribution in [2.45, 2.75) is 0 Å². The second-order valence-corrected chi connectivity index (χ2v) is 6.57. The molecule has 7 heteroatoms. The molecule has 0 atom stereocenters. The fourth-order valence-corrected chi connectivity index (χ4v) is 2.65. The van der Waals surface area contributed by atoms with Crippen LogP contribution in [0, 0.1) is 0 Å². The molecule has 0 heterocycles. The van der Waals surface area contributed by atoms with Crippen LogP contribution in [0.4, 0.5) is 0 Å². The molecule has 0 spiro atoms. The highest BCUT2D eigenvalue weighted by Gasteiger charge is 2.09. The molecule has 3 rings (SSSR count). The molecule has 0 saturated heterocycles. The Bertz CT molecular complexity index is 1020. The fourth-order valence-electron chi connectivity index (χ4n) is 2.65. The van der Waals surface area contributed by atoms with Crippen molar-refractivity contribution in [3.63, 3.8) is 0 Å². The number of ether oxygens (including phenoxy) is 3. The maximum atomic E-state index is 12.3. The number of nitrogens with one attached hydrogen (secondary N) is 2. The molecule has 2 N–H and O–H groups in total. The van der Waals surface area contributed by atoms with Gasteiger partial charge in [-0.15, -0.1) is 0 Å². The number of para-hydroxylation sites is 1. The topological polar surface area (TPSA) is 85.9 Å². The zero-order chi connectivity index (χ0) is 22.6. The minimum atomic E-state index is -0.441. The van der Waals surface area contributed by atoms with E-state index in [1.165, 1.54) is 0 Å². The summed E-state index contributed by atoms with van der Waals surface area (Å²) in [4.78, 5) is 24.5. The summed E-state index contributed by atoms with van der Waals surface area (Å²) < 4.78 is 16.5. The summed E-state index contributed by atoms with van der Waals surface area (Å²) in [6, 6.07) is 22.6. The van der Waals surface area contributed by atoms with Crippen LogP contribution in [-0.4, -0.2) is 31.6 Å². The number of hydrogen-bond donors (Lipinski definition) is 2. The first kappa shape index (κ1) is 22.4. The van der Waals surface area contributed by atoms with E-state index in [1.54, 1.807) is 54.6 Å². The van der Waals surface area contributed by atoms with Gasteiger partial charge in [0, 0.05) is 11.1 Å². The first-order valence-electron chi connectivity index (χ1n) is 10.0. The van der Waals surface area contributed by atoms with Gasteiger partial charge >= 0.3 is 0 Å². The van der Waals surface area contributed by atoms with E-state index in [0.29, 0.717) is 42.4 Å². The van der Waals surface area contributed by atoms with Crippen molar-refractivity contribution in [3.8, 4) is 17.2 Å². The molecule has 0 bridgehead atoms. The van der Waals surface area contributed by atoms with Gasteiger partial charge in [0.1, 0.15) is 37.1 Å². The lowest BCUT2D eigenvalue weighted by atomic mass is 10.2. The second-order valence-electron chi connectivity index (χ2n) is 6.57. The molecule has 7 nitrogen and oxygen atoms in total. The average Bonchev–Trinajstić information content (AvgIpc) is 2.85. The lowest BCUT2D eigenvalue weighted by Gasteiger charge is -2.10. The number of hydrogen-bond acceptors (Lipinski definition) is 5. The molecule has 0 aliphatic carbocycles. The normalized spacial score (nSPS) is 10.0. The van der Waals surface area contributed by atoms with Crippen LogP contribution in [0.3, 0.4) is 0 Å². The molecule has 3 aromatic carbocycles. The summed E-state index contributed by atoms with van der Waals surface area (Å²) in [5.41, 5.74) is 5.55. The maximum Gasteiger partial charge on any atom is 0.269 e. The largest absolute Gasteiger partial charge is 0.490 e. The summed E-state index contributed by atoms with van der Waals surface area (Å²) >= 11 is 0. The number of carbonyl (C=O) groups is 2. The predicted octanol–water partition coefficient (Wildman–Crippen LogP) is 3.78. The van der Waals surface area contributed by atoms with Crippen molar-refractivity contribution in [2.75, 3.05) is 19.8 Å². The first-order chi connectivity index (χ1) is 15.7. The Labute approximate surface area is 186 Å². The average molecular weight is 432 g/mol. The van der Waals surface area contributed by atoms with Crippen LogP contribution in [0.1, 0.15) is 20.7 Å². The van der Waals surface area contributed by atoms with Crippen LogP contribution in [0.25, 0.3) is 0 Å². The third kappa shape index (κ3) is 6.91. The maximum absolute atomic E-state index is 12.3. The molecule has 0 aliphatic rings. The van der Waals surface area contributed by atoms with Crippen LogP contribution >= 0.6 is 0 Å². The Morgan fingerprint density at radius 1 is 0.656 bits per heavy atom. The van der Waals surface area contributed by atoms with Crippen LogP contribution < -0.4 is 25.1 Å². The van der Waals surface area contributed by atoms with Gasteiger partial charge in [-0.25, -0.2) is 0 Å². The van der Waals surface area contributed by atoms with Crippen molar-refractivity contribution >= 4 is 11.8 Å². The van der Waals surface area contributed by atoms with Gasteiger partial charge in [-0.1, -0.05) is 30.9 Å². The Balaban J connectivity index is 1.41. The van der Waals surface area contributed by atoms with Crippen molar-refractivity contribution in [2.24, 2.45) is 0 Å². The van der Waals surface area contributed by atoms with Gasteiger partial charge in [-0.3, -0.25) is 20.4 Å². The molecule has 164 valence electrons. The number of hydrazine groups is 1. The van der Waals surface area contributed by atoms with Crippen molar-refractivity contribution in [1.82, 2.24) is 10.9 Å². The summed E-state index contributed by atoms with van der Waals surface area (Å²) in [5, 5.41) is 0. The zero-order valence-electron chi connectivity index (χ0n) is 17.5. The molecule has 2 amide bonds. The number of benzene rings is 3. The zero-order valence-corrected chi connectivity index (χ0v) is 17.5. The van der Waals surface area contributed by atoms with Crippen LogP contribution in [-0.2, 0) is 0 Å². The summed E-state index contributed by atoms with van der Waals surface area (Å²) in [7, 11) is 0. The Hall–Kier alpha value is -4.26. The third-order valence-electron chi connectivity index (χ3n) is 4.25. The highest BCUT2D eigenvalue weighted by Crippen LogP contribution is 2.14. The summed E-state index contributed by atoms with van der Waals surface area (Å²) in [6.45, 7) is 4.73. The molecule has 0 aromatic heterocycles. The third-order valence-corrected chi connectivity index (χ3v) is 4.25. The molecule has 3 aromatic rings. The van der Waals surface area contributed by atoms with Crippen molar-refractivity contribution in [3.05, 3.63) is 103 Å². The molecule has 0 unspecified atom stereocenters. The quantitative estimate of drug-likeness (QED) is 0.289. The van der Waals surface area contributed by atoms with Crippen molar-refractivity contribution in [1.29, 1.82) is 0 Å². The van der Waals surface area contributed by atoms with Crippen LogP contribution in [0.5, 0.6) is 17.2 Å². The van der Waals surface area contributed by atoms with Crippen LogP contribution in [0.2, 0.25) is 0 Å². The van der Waals surface area contributed by atoms with E-state index in [9.17, 15) is 9.59 Å². The van der Waals surface area contributed by atoms with Gasteiger partial charge in [0.25, 0.3) is 11.8 Å². The number of carbonyl (C=O) groups excluding carboxylic acids is 2. The lowest BCUT2D eigenvalue weighted by Crippen LogP contribution is -2.41. The molecule has 0 aliphatic heterocycles. The van der Waals surface area contributed by atoms with Gasteiger partial charge in [-0.2, -0.15) is 0 Å². The molecular formula is C25H24N2O5. The van der Waals surface area contributed by atoms with E-state index >= 15 is 0 Å². The van der Waals surface area contributed by atoms with Crippen LogP contribution in [0.15, 0.2) is 91.5 Å². The molecule has 0 fully saturated rings. The fraction of sp³-hybridized carbons (Fsp3) is 0.120. The summed E-state index contributed by atoms with van der Waals surface area (Å²) in [5.74, 6) is 1.14. The monoisotopic (exact) mass is 432 g/mol. The van der Waals surface area contributed by atoms with E-state index in [1.807, 2.05) is 30.3 Å². The number of rotatable bonds is 10. The lowest BCUT2D eigenvalue weighted by molar-refractivity contribution is 0.0846. The Morgan fingerprint density at radius 2 is 1.09 bits per heavy atom. The second kappa shape index (κ2) is 11.8. The summed E-state index contributed by atoms with van der Waals surface area (Å²) in [6.07, 6.45) is 1.63. The van der Waals surface area contributed by atoms with Gasteiger partial charge in [0.15, 0.2) is 0 Å². The Morgan fingerprint density at radius 3 is 1.56 bits per heavy atom. The van der Waals surface area contributed by atoms with Gasteiger partial charge in [0.2, 0.25) is 0 Å². The van der Waals surface area contributed by atoms with E-state index < -0.39 is 11.8 Å². The highest BCUT2D eigenvalue weighted by molar-refractivity contribution is 5.99. The van der Waals surface area contributed by atoms with E-state index in [-0.39, 0.29) is 0 Å². The van der Waals surface area contributed by atoms with E-state index in [4.69, 9.17) is 14.2 Å². The predicted molar refractivity (Wildman–Crippen MR) is 121 cm³/mol. The van der Waals surface area contributed by atoms with Gasteiger partial charge in [0.05, 0.1) is 0 Å². The van der Waals surface area contributed by atoms with Gasteiger partial charge in [-0.05, 0) is 60.7 Å².